The molecule has 1 atom stereocenters. The number of aromatic carboxylic acids is 1. The monoisotopic (exact) mass is 346 g/mol. The van der Waals surface area contributed by atoms with E-state index in [1.807, 2.05) is 18.2 Å². The van der Waals surface area contributed by atoms with Crippen molar-refractivity contribution in [2.45, 2.75) is 103 Å². The van der Waals surface area contributed by atoms with Gasteiger partial charge in [-0.15, -0.1) is 0 Å². The van der Waals surface area contributed by atoms with Crippen molar-refractivity contribution in [2.24, 2.45) is 0 Å². The lowest BCUT2D eigenvalue weighted by molar-refractivity contribution is 0.0695. The Kier molecular flexibility index (Phi) is 12.1. The largest absolute Gasteiger partial charge is 0.478 e. The number of rotatable bonds is 15. The van der Waals surface area contributed by atoms with E-state index in [0.717, 1.165) is 18.4 Å². The average Bonchev–Trinajstić information content (AvgIpc) is 2.62. The van der Waals surface area contributed by atoms with Gasteiger partial charge in [0.1, 0.15) is 0 Å². The number of carboxylic acids is 1. The zero-order chi connectivity index (χ0) is 18.3. The fourth-order valence-electron chi connectivity index (χ4n) is 3.67. The minimum absolute atomic E-state index is 0.403. The van der Waals surface area contributed by atoms with E-state index in [1.54, 1.807) is 6.07 Å². The normalized spacial score (nSPS) is 12.2. The van der Waals surface area contributed by atoms with Crippen molar-refractivity contribution in [2.75, 3.05) is 0 Å². The molecule has 1 aromatic rings. The number of hydrogen-bond acceptors (Lipinski definition) is 1. The van der Waals surface area contributed by atoms with Crippen LogP contribution in [0.25, 0.3) is 0 Å². The van der Waals surface area contributed by atoms with Crippen molar-refractivity contribution in [3.05, 3.63) is 35.4 Å². The molecule has 0 aromatic heterocycles. The number of unbranched alkanes of at least 4 members (excludes halogenated alkanes) is 9. The molecule has 0 aliphatic rings. The second-order valence-corrected chi connectivity index (χ2v) is 7.35. The Hall–Kier alpha value is -1.31. The van der Waals surface area contributed by atoms with E-state index < -0.39 is 5.97 Å². The fourth-order valence-corrected chi connectivity index (χ4v) is 3.67. The van der Waals surface area contributed by atoms with E-state index in [0.29, 0.717) is 11.5 Å². The molecular formula is C23H38O2. The Morgan fingerprint density at radius 2 is 1.28 bits per heavy atom. The zero-order valence-electron chi connectivity index (χ0n) is 16.4. The molecule has 1 N–H and O–H groups in total. The van der Waals surface area contributed by atoms with Crippen LogP contribution in [-0.4, -0.2) is 11.1 Å². The molecule has 142 valence electrons. The van der Waals surface area contributed by atoms with Crippen molar-refractivity contribution in [1.29, 1.82) is 0 Å². The summed E-state index contributed by atoms with van der Waals surface area (Å²) in [4.78, 5) is 11.6. The van der Waals surface area contributed by atoms with Crippen molar-refractivity contribution in [3.63, 3.8) is 0 Å². The summed E-state index contributed by atoms with van der Waals surface area (Å²) >= 11 is 0. The van der Waals surface area contributed by atoms with Gasteiger partial charge in [-0.1, -0.05) is 103 Å². The smallest absolute Gasteiger partial charge is 0.335 e. The maximum atomic E-state index is 11.6. The van der Waals surface area contributed by atoms with Gasteiger partial charge < -0.3 is 5.11 Å². The Balaban J connectivity index is 2.56. The van der Waals surface area contributed by atoms with Gasteiger partial charge in [0.2, 0.25) is 0 Å². The van der Waals surface area contributed by atoms with Crippen LogP contribution in [0.3, 0.4) is 0 Å². The number of carbonyl (C=O) groups is 1. The van der Waals surface area contributed by atoms with E-state index in [9.17, 15) is 9.90 Å². The van der Waals surface area contributed by atoms with Gasteiger partial charge in [-0.3, -0.25) is 0 Å². The van der Waals surface area contributed by atoms with Crippen molar-refractivity contribution in [3.8, 4) is 0 Å². The number of benzene rings is 1. The van der Waals surface area contributed by atoms with Crippen LogP contribution < -0.4 is 0 Å². The fraction of sp³-hybridized carbons (Fsp3) is 0.696. The minimum Gasteiger partial charge on any atom is -0.478 e. The average molecular weight is 347 g/mol. The van der Waals surface area contributed by atoms with Crippen LogP contribution in [0.15, 0.2) is 24.3 Å². The first kappa shape index (κ1) is 21.7. The molecule has 25 heavy (non-hydrogen) atoms. The summed E-state index contributed by atoms with van der Waals surface area (Å²) in [6, 6.07) is 7.64. The third-order valence-electron chi connectivity index (χ3n) is 5.19. The Morgan fingerprint density at radius 3 is 1.84 bits per heavy atom. The highest BCUT2D eigenvalue weighted by Gasteiger charge is 2.18. The molecule has 2 heteroatoms. The second-order valence-electron chi connectivity index (χ2n) is 7.35. The molecule has 0 aliphatic carbocycles. The maximum Gasteiger partial charge on any atom is 0.335 e. The quantitative estimate of drug-likeness (QED) is 0.332. The topological polar surface area (TPSA) is 37.3 Å². The molecule has 0 amide bonds. The summed E-state index contributed by atoms with van der Waals surface area (Å²) < 4.78 is 0. The predicted molar refractivity (Wildman–Crippen MR) is 108 cm³/mol. The molecule has 0 fully saturated rings. The van der Waals surface area contributed by atoms with Crippen molar-refractivity contribution >= 4 is 5.97 Å². The molecular weight excluding hydrogens is 308 g/mol. The van der Waals surface area contributed by atoms with Crippen LogP contribution in [0.4, 0.5) is 0 Å². The van der Waals surface area contributed by atoms with E-state index in [1.165, 1.54) is 70.6 Å². The SMILES string of the molecule is CCCCCCCCCC(CCCCCC)c1ccccc1C(=O)O. The summed E-state index contributed by atoms with van der Waals surface area (Å²) in [6.45, 7) is 4.48. The Labute approximate surface area is 155 Å². The summed E-state index contributed by atoms with van der Waals surface area (Å²) in [6.07, 6.45) is 16.4. The van der Waals surface area contributed by atoms with Crippen LogP contribution in [0.5, 0.6) is 0 Å². The molecule has 1 unspecified atom stereocenters. The Morgan fingerprint density at radius 1 is 0.800 bits per heavy atom. The third kappa shape index (κ3) is 9.09. The highest BCUT2D eigenvalue weighted by molar-refractivity contribution is 5.89. The molecule has 0 saturated carbocycles. The second kappa shape index (κ2) is 13.9. The molecule has 0 spiro atoms. The van der Waals surface area contributed by atoms with Gasteiger partial charge in [-0.2, -0.15) is 0 Å². The highest BCUT2D eigenvalue weighted by Crippen LogP contribution is 2.31. The first-order valence-corrected chi connectivity index (χ1v) is 10.5. The van der Waals surface area contributed by atoms with Crippen LogP contribution in [0, 0.1) is 0 Å². The van der Waals surface area contributed by atoms with E-state index >= 15 is 0 Å². The molecule has 0 bridgehead atoms. The number of hydrogen-bond donors (Lipinski definition) is 1. The van der Waals surface area contributed by atoms with E-state index in [2.05, 4.69) is 13.8 Å². The molecule has 1 aromatic carbocycles. The van der Waals surface area contributed by atoms with E-state index in [-0.39, 0.29) is 0 Å². The van der Waals surface area contributed by atoms with Gasteiger partial charge in [-0.05, 0) is 30.4 Å². The molecule has 1 rings (SSSR count). The van der Waals surface area contributed by atoms with Gasteiger partial charge in [0.05, 0.1) is 5.56 Å². The standard InChI is InChI=1S/C23H38O2/c1-3-5-7-9-10-11-13-17-20(16-12-8-6-4-2)21-18-14-15-19-22(21)23(24)25/h14-15,18-20H,3-13,16-17H2,1-2H3,(H,24,25). The lowest BCUT2D eigenvalue weighted by atomic mass is 9.85. The number of carboxylic acid groups (broad SMARTS) is 1. The van der Waals surface area contributed by atoms with Crippen LogP contribution in [0.2, 0.25) is 0 Å². The summed E-state index contributed by atoms with van der Waals surface area (Å²) in [5.74, 6) is -0.381. The summed E-state index contributed by atoms with van der Waals surface area (Å²) in [5.41, 5.74) is 1.56. The van der Waals surface area contributed by atoms with Crippen LogP contribution in [0.1, 0.15) is 119 Å². The van der Waals surface area contributed by atoms with Crippen LogP contribution >= 0.6 is 0 Å². The highest BCUT2D eigenvalue weighted by atomic mass is 16.4. The third-order valence-corrected chi connectivity index (χ3v) is 5.19. The maximum absolute atomic E-state index is 11.6. The van der Waals surface area contributed by atoms with Gasteiger partial charge >= 0.3 is 5.97 Å². The Bertz CT molecular complexity index is 467. The lowest BCUT2D eigenvalue weighted by Gasteiger charge is -2.19. The van der Waals surface area contributed by atoms with Crippen molar-refractivity contribution in [1.82, 2.24) is 0 Å². The molecule has 0 radical (unpaired) electrons. The first-order chi connectivity index (χ1) is 12.2. The zero-order valence-corrected chi connectivity index (χ0v) is 16.4. The van der Waals surface area contributed by atoms with Gasteiger partial charge in [0.25, 0.3) is 0 Å². The van der Waals surface area contributed by atoms with Gasteiger partial charge in [-0.25, -0.2) is 4.79 Å². The molecule has 2 nitrogen and oxygen atoms in total. The minimum atomic E-state index is -0.784. The molecule has 0 heterocycles. The molecule has 0 saturated heterocycles. The van der Waals surface area contributed by atoms with Crippen molar-refractivity contribution < 1.29 is 9.90 Å². The van der Waals surface area contributed by atoms with Gasteiger partial charge in [0.15, 0.2) is 0 Å². The van der Waals surface area contributed by atoms with Gasteiger partial charge in [0, 0.05) is 0 Å². The summed E-state index contributed by atoms with van der Waals surface area (Å²) in [5, 5.41) is 9.52. The van der Waals surface area contributed by atoms with Crippen LogP contribution in [-0.2, 0) is 0 Å². The first-order valence-electron chi connectivity index (χ1n) is 10.5. The summed E-state index contributed by atoms with van der Waals surface area (Å²) in [7, 11) is 0. The molecule has 0 aliphatic heterocycles. The predicted octanol–water partition coefficient (Wildman–Crippen LogP) is 7.58. The van der Waals surface area contributed by atoms with E-state index in [4.69, 9.17) is 0 Å². The lowest BCUT2D eigenvalue weighted by Crippen LogP contribution is -2.08.